The van der Waals surface area contributed by atoms with E-state index in [0.29, 0.717) is 0 Å². The van der Waals surface area contributed by atoms with Gasteiger partial charge in [0, 0.05) is 16.7 Å². The molecule has 1 unspecified atom stereocenters. The fourth-order valence-corrected chi connectivity index (χ4v) is 3.18. The molecule has 2 heteroatoms. The zero-order chi connectivity index (χ0) is 10.7. The van der Waals surface area contributed by atoms with Crippen LogP contribution in [0.25, 0.3) is 0 Å². The Morgan fingerprint density at radius 2 is 2.20 bits per heavy atom. The summed E-state index contributed by atoms with van der Waals surface area (Å²) < 4.78 is 0. The van der Waals surface area contributed by atoms with Gasteiger partial charge < -0.3 is 5.32 Å². The molecule has 0 aliphatic carbocycles. The Kier molecular flexibility index (Phi) is 3.71. The molecule has 1 heterocycles. The van der Waals surface area contributed by atoms with Crippen LogP contribution in [-0.4, -0.2) is 18.3 Å². The van der Waals surface area contributed by atoms with Gasteiger partial charge in [0.15, 0.2) is 0 Å². The van der Waals surface area contributed by atoms with Gasteiger partial charge in [0.1, 0.15) is 0 Å². The third-order valence-corrected chi connectivity index (χ3v) is 3.96. The fourth-order valence-electron chi connectivity index (χ4n) is 1.90. The van der Waals surface area contributed by atoms with Gasteiger partial charge >= 0.3 is 0 Å². The normalized spacial score (nSPS) is 19.5. The summed E-state index contributed by atoms with van der Waals surface area (Å²) in [5.74, 6) is 0.749. The second-order valence-electron chi connectivity index (χ2n) is 4.60. The fraction of sp³-hybridized carbons (Fsp3) is 0.538. The molecule has 1 atom stereocenters. The van der Waals surface area contributed by atoms with E-state index in [4.69, 9.17) is 0 Å². The summed E-state index contributed by atoms with van der Waals surface area (Å²) >= 11 is 2.03. The minimum Gasteiger partial charge on any atom is -0.315 e. The first-order chi connectivity index (χ1) is 7.25. The van der Waals surface area contributed by atoms with Crippen LogP contribution in [0.3, 0.4) is 0 Å². The molecule has 1 aliphatic heterocycles. The lowest BCUT2D eigenvalue weighted by atomic mass is 10.1. The molecule has 0 saturated carbocycles. The van der Waals surface area contributed by atoms with Gasteiger partial charge in [-0.25, -0.2) is 0 Å². The number of benzene rings is 1. The monoisotopic (exact) mass is 221 g/mol. The largest absolute Gasteiger partial charge is 0.315 e. The number of fused-ring (bicyclic) bond motifs is 1. The standard InChI is InChI=1S/C13H19NS/c1-10(2)8-14-9-12-7-11-5-3-4-6-13(11)15-12/h3-6,10,12,14H,7-9H2,1-2H3. The van der Waals surface area contributed by atoms with Crippen molar-refractivity contribution >= 4 is 11.8 Å². The van der Waals surface area contributed by atoms with E-state index < -0.39 is 0 Å². The summed E-state index contributed by atoms with van der Waals surface area (Å²) in [7, 11) is 0. The van der Waals surface area contributed by atoms with Crippen molar-refractivity contribution < 1.29 is 0 Å². The first-order valence-electron chi connectivity index (χ1n) is 5.71. The van der Waals surface area contributed by atoms with Gasteiger partial charge in [0.25, 0.3) is 0 Å². The maximum absolute atomic E-state index is 3.54. The van der Waals surface area contributed by atoms with Crippen molar-refractivity contribution in [3.05, 3.63) is 29.8 Å². The van der Waals surface area contributed by atoms with Crippen molar-refractivity contribution in [3.8, 4) is 0 Å². The lowest BCUT2D eigenvalue weighted by Gasteiger charge is -2.11. The van der Waals surface area contributed by atoms with Gasteiger partial charge in [-0.3, -0.25) is 0 Å². The summed E-state index contributed by atoms with van der Waals surface area (Å²) in [4.78, 5) is 1.48. The highest BCUT2D eigenvalue weighted by Gasteiger charge is 2.20. The first-order valence-corrected chi connectivity index (χ1v) is 6.59. The van der Waals surface area contributed by atoms with Crippen LogP contribution in [0.15, 0.2) is 29.2 Å². The van der Waals surface area contributed by atoms with Gasteiger partial charge in [-0.1, -0.05) is 32.0 Å². The second kappa shape index (κ2) is 5.04. The topological polar surface area (TPSA) is 12.0 Å². The molecule has 0 radical (unpaired) electrons. The molecule has 15 heavy (non-hydrogen) atoms. The molecule has 0 aromatic heterocycles. The van der Waals surface area contributed by atoms with Crippen molar-refractivity contribution in [2.45, 2.75) is 30.4 Å². The average molecular weight is 221 g/mol. The Hall–Kier alpha value is -0.470. The minimum atomic E-state index is 0.737. The lowest BCUT2D eigenvalue weighted by Crippen LogP contribution is -2.27. The van der Waals surface area contributed by atoms with Crippen molar-refractivity contribution in [2.75, 3.05) is 13.1 Å². The Bertz CT molecular complexity index is 297. The van der Waals surface area contributed by atoms with Crippen molar-refractivity contribution in [1.82, 2.24) is 5.32 Å². The molecule has 0 spiro atoms. The van der Waals surface area contributed by atoms with Crippen LogP contribution >= 0.6 is 11.8 Å². The van der Waals surface area contributed by atoms with Crippen LogP contribution < -0.4 is 5.32 Å². The molecule has 1 aromatic rings. The number of nitrogens with one attached hydrogen (secondary N) is 1. The van der Waals surface area contributed by atoms with Crippen molar-refractivity contribution in [1.29, 1.82) is 0 Å². The Labute approximate surface area is 96.7 Å². The minimum absolute atomic E-state index is 0.737. The van der Waals surface area contributed by atoms with Gasteiger partial charge in [0.2, 0.25) is 0 Å². The predicted molar refractivity (Wildman–Crippen MR) is 67.5 cm³/mol. The number of rotatable bonds is 4. The Morgan fingerprint density at radius 3 is 2.93 bits per heavy atom. The van der Waals surface area contributed by atoms with Crippen LogP contribution in [0, 0.1) is 5.92 Å². The highest BCUT2D eigenvalue weighted by atomic mass is 32.2. The zero-order valence-corrected chi connectivity index (χ0v) is 10.3. The lowest BCUT2D eigenvalue weighted by molar-refractivity contribution is 0.548. The molecular formula is C13H19NS. The smallest absolute Gasteiger partial charge is 0.0260 e. The molecule has 0 amide bonds. The SMILES string of the molecule is CC(C)CNCC1Cc2ccccc2S1. The number of hydrogen-bond donors (Lipinski definition) is 1. The Morgan fingerprint density at radius 1 is 1.40 bits per heavy atom. The van der Waals surface area contributed by atoms with E-state index in [0.717, 1.165) is 24.3 Å². The van der Waals surface area contributed by atoms with E-state index in [1.807, 2.05) is 11.8 Å². The van der Waals surface area contributed by atoms with Crippen LogP contribution in [0.2, 0.25) is 0 Å². The van der Waals surface area contributed by atoms with Crippen LogP contribution in [0.1, 0.15) is 19.4 Å². The molecular weight excluding hydrogens is 202 g/mol. The average Bonchev–Trinajstić information content (AvgIpc) is 2.59. The van der Waals surface area contributed by atoms with Crippen molar-refractivity contribution in [2.24, 2.45) is 5.92 Å². The van der Waals surface area contributed by atoms with E-state index in [-0.39, 0.29) is 0 Å². The maximum atomic E-state index is 3.54. The molecule has 0 bridgehead atoms. The quantitative estimate of drug-likeness (QED) is 0.839. The molecule has 2 rings (SSSR count). The molecule has 1 N–H and O–H groups in total. The van der Waals surface area contributed by atoms with Gasteiger partial charge in [-0.15, -0.1) is 11.8 Å². The third-order valence-electron chi connectivity index (χ3n) is 2.64. The van der Waals surface area contributed by atoms with Crippen molar-refractivity contribution in [3.63, 3.8) is 0 Å². The van der Waals surface area contributed by atoms with Gasteiger partial charge in [-0.2, -0.15) is 0 Å². The predicted octanol–water partition coefficient (Wildman–Crippen LogP) is 2.95. The third kappa shape index (κ3) is 2.99. The Balaban J connectivity index is 1.80. The van der Waals surface area contributed by atoms with Gasteiger partial charge in [-0.05, 0) is 30.5 Å². The molecule has 0 fully saturated rings. The molecule has 0 saturated heterocycles. The number of hydrogen-bond acceptors (Lipinski definition) is 2. The number of thioether (sulfide) groups is 1. The highest BCUT2D eigenvalue weighted by molar-refractivity contribution is 8.00. The summed E-state index contributed by atoms with van der Waals surface area (Å²) in [6.07, 6.45) is 1.23. The van der Waals surface area contributed by atoms with E-state index in [1.54, 1.807) is 0 Å². The summed E-state index contributed by atoms with van der Waals surface area (Å²) in [6, 6.07) is 8.77. The van der Waals surface area contributed by atoms with E-state index in [9.17, 15) is 0 Å². The first kappa shape index (κ1) is 11.0. The maximum Gasteiger partial charge on any atom is 0.0260 e. The zero-order valence-electron chi connectivity index (χ0n) is 9.49. The van der Waals surface area contributed by atoms with Gasteiger partial charge in [0.05, 0.1) is 0 Å². The summed E-state index contributed by atoms with van der Waals surface area (Å²) in [6.45, 7) is 6.78. The van der Waals surface area contributed by atoms with Crippen LogP contribution in [0.5, 0.6) is 0 Å². The molecule has 1 nitrogen and oxygen atoms in total. The van der Waals surface area contributed by atoms with Crippen LogP contribution in [-0.2, 0) is 6.42 Å². The van der Waals surface area contributed by atoms with E-state index >= 15 is 0 Å². The van der Waals surface area contributed by atoms with E-state index in [1.165, 1.54) is 16.9 Å². The molecule has 1 aliphatic rings. The highest BCUT2D eigenvalue weighted by Crippen LogP contribution is 2.36. The van der Waals surface area contributed by atoms with Crippen LogP contribution in [0.4, 0.5) is 0 Å². The summed E-state index contributed by atoms with van der Waals surface area (Å²) in [5.41, 5.74) is 1.53. The second-order valence-corrected chi connectivity index (χ2v) is 5.95. The molecule has 1 aromatic carbocycles. The van der Waals surface area contributed by atoms with E-state index in [2.05, 4.69) is 43.4 Å². The molecule has 82 valence electrons. The summed E-state index contributed by atoms with van der Waals surface area (Å²) in [5, 5.41) is 4.28.